The van der Waals surface area contributed by atoms with Crippen LogP contribution in [0, 0.1) is 0 Å². The van der Waals surface area contributed by atoms with Crippen LogP contribution in [-0.2, 0) is 4.74 Å². The van der Waals surface area contributed by atoms with Gasteiger partial charge in [0.05, 0.1) is 25.3 Å². The van der Waals surface area contributed by atoms with E-state index in [4.69, 9.17) is 18.6 Å². The second kappa shape index (κ2) is 8.89. The first-order valence-corrected chi connectivity index (χ1v) is 9.91. The monoisotopic (exact) mass is 463 g/mol. The highest BCUT2D eigenvalue weighted by Gasteiger charge is 2.45. The van der Waals surface area contributed by atoms with Crippen LogP contribution in [0.15, 0.2) is 40.8 Å². The molecule has 1 aliphatic rings. The lowest BCUT2D eigenvalue weighted by Gasteiger charge is -2.39. The largest absolute Gasteiger partial charge is 0.507 e. The van der Waals surface area contributed by atoms with Gasteiger partial charge in [0.15, 0.2) is 11.5 Å². The average molecular weight is 463 g/mol. The number of hydrogen-bond donors (Lipinski definition) is 7. The van der Waals surface area contributed by atoms with E-state index in [-0.39, 0.29) is 45.5 Å². The first-order valence-electron chi connectivity index (χ1n) is 9.91. The van der Waals surface area contributed by atoms with Crippen LogP contribution in [0.1, 0.15) is 0 Å². The molecule has 0 unspecified atom stereocenters. The van der Waals surface area contributed by atoms with Crippen molar-refractivity contribution in [2.24, 2.45) is 0 Å². The van der Waals surface area contributed by atoms with Gasteiger partial charge in [0.2, 0.25) is 12.0 Å². The third kappa shape index (κ3) is 4.19. The van der Waals surface area contributed by atoms with Crippen LogP contribution in [0.2, 0.25) is 0 Å². The van der Waals surface area contributed by atoms with Gasteiger partial charge in [-0.3, -0.25) is 0 Å². The van der Waals surface area contributed by atoms with Gasteiger partial charge in [-0.2, -0.15) is 0 Å². The molecule has 0 radical (unpaired) electrons. The Bertz CT molecular complexity index is 1160. The third-order valence-corrected chi connectivity index (χ3v) is 5.35. The smallest absolute Gasteiger partial charge is 0.402 e. The fourth-order valence-corrected chi connectivity index (χ4v) is 3.58. The lowest BCUT2D eigenvalue weighted by molar-refractivity contribution is -0.277. The summed E-state index contributed by atoms with van der Waals surface area (Å²) < 4.78 is 22.2. The predicted molar refractivity (Wildman–Crippen MR) is 112 cm³/mol. The molecule has 4 rings (SSSR count). The molecular formula is C22H23O11+. The summed E-state index contributed by atoms with van der Waals surface area (Å²) in [5, 5.41) is 70.0. The number of ether oxygens (including phenoxy) is 3. The average Bonchev–Trinajstić information content (AvgIpc) is 2.79. The van der Waals surface area contributed by atoms with E-state index in [0.29, 0.717) is 5.56 Å². The number of methoxy groups -OCH3 is 1. The molecule has 1 aromatic heterocycles. The highest BCUT2D eigenvalue weighted by molar-refractivity contribution is 5.88. The van der Waals surface area contributed by atoms with E-state index in [0.717, 1.165) is 6.07 Å². The maximum atomic E-state index is 10.4. The van der Waals surface area contributed by atoms with Crippen LogP contribution in [0.25, 0.3) is 22.3 Å². The fourth-order valence-electron chi connectivity index (χ4n) is 3.58. The molecule has 176 valence electrons. The zero-order valence-corrected chi connectivity index (χ0v) is 17.3. The van der Waals surface area contributed by atoms with Crippen molar-refractivity contribution < 1.29 is 54.4 Å². The van der Waals surface area contributed by atoms with E-state index in [1.54, 1.807) is 0 Å². The third-order valence-electron chi connectivity index (χ3n) is 5.35. The topological polar surface area (TPSA) is 181 Å². The molecule has 33 heavy (non-hydrogen) atoms. The minimum atomic E-state index is -1.69. The van der Waals surface area contributed by atoms with Crippen molar-refractivity contribution in [3.8, 4) is 40.1 Å². The van der Waals surface area contributed by atoms with Crippen LogP contribution >= 0.6 is 0 Å². The summed E-state index contributed by atoms with van der Waals surface area (Å²) in [7, 11) is 1.36. The molecule has 1 saturated heterocycles. The lowest BCUT2D eigenvalue weighted by atomic mass is 9.99. The van der Waals surface area contributed by atoms with Crippen molar-refractivity contribution >= 4 is 11.0 Å². The van der Waals surface area contributed by atoms with E-state index in [1.165, 1.54) is 37.4 Å². The highest BCUT2D eigenvalue weighted by atomic mass is 16.7. The number of aromatic hydroxyl groups is 3. The molecule has 1 fully saturated rings. The summed E-state index contributed by atoms with van der Waals surface area (Å²) in [4.78, 5) is 0. The zero-order valence-electron chi connectivity index (χ0n) is 17.3. The number of aliphatic hydroxyl groups is 4. The Morgan fingerprint density at radius 3 is 2.36 bits per heavy atom. The highest BCUT2D eigenvalue weighted by Crippen LogP contribution is 2.42. The minimum Gasteiger partial charge on any atom is -0.507 e. The number of fused-ring (bicyclic) bond motifs is 1. The van der Waals surface area contributed by atoms with Crippen LogP contribution in [0.4, 0.5) is 0 Å². The molecule has 0 saturated carbocycles. The summed E-state index contributed by atoms with van der Waals surface area (Å²) in [5.41, 5.74) is 0.449. The molecule has 3 aromatic rings. The van der Waals surface area contributed by atoms with Gasteiger partial charge in [-0.25, -0.2) is 4.42 Å². The molecule has 2 aromatic carbocycles. The van der Waals surface area contributed by atoms with Crippen LogP contribution in [0.3, 0.4) is 0 Å². The first kappa shape index (κ1) is 22.8. The van der Waals surface area contributed by atoms with E-state index in [1.807, 2.05) is 0 Å². The molecule has 11 nitrogen and oxygen atoms in total. The summed E-state index contributed by atoms with van der Waals surface area (Å²) >= 11 is 0. The molecule has 11 heteroatoms. The Labute approximate surface area is 186 Å². The second-order valence-electron chi connectivity index (χ2n) is 7.52. The zero-order chi connectivity index (χ0) is 23.9. The van der Waals surface area contributed by atoms with Crippen molar-refractivity contribution in [2.45, 2.75) is 30.7 Å². The van der Waals surface area contributed by atoms with E-state index in [9.17, 15) is 35.7 Å². The molecule has 5 atom stereocenters. The normalized spacial score (nSPS) is 25.2. The Hall–Kier alpha value is -3.35. The Balaban J connectivity index is 1.84. The number of rotatable bonds is 5. The standard InChI is InChI=1S/C22H22O11/c1-30-15-4-9(2-3-12(15)25)21-16(7-11-13(26)5-10(24)6-14(11)31-21)32-22-20(29)19(28)18(27)17(8-23)33-22/h2-7,17-20,22-23,27-29H,8H2,1H3,(H2-,24,25,26)/p+1/t17-,18-,19+,20-,22+/m0/s1. The number of benzene rings is 2. The van der Waals surface area contributed by atoms with Gasteiger partial charge in [0, 0.05) is 18.2 Å². The molecular weight excluding hydrogens is 440 g/mol. The van der Waals surface area contributed by atoms with E-state index < -0.39 is 37.3 Å². The maximum Gasteiger partial charge on any atom is 0.402 e. The van der Waals surface area contributed by atoms with Gasteiger partial charge in [-0.05, 0) is 12.1 Å². The van der Waals surface area contributed by atoms with Crippen molar-refractivity contribution in [2.75, 3.05) is 13.7 Å². The van der Waals surface area contributed by atoms with Crippen molar-refractivity contribution in [1.82, 2.24) is 0 Å². The molecule has 7 N–H and O–H groups in total. The quantitative estimate of drug-likeness (QED) is 0.264. The lowest BCUT2D eigenvalue weighted by Crippen LogP contribution is -2.60. The van der Waals surface area contributed by atoms with Gasteiger partial charge in [0.25, 0.3) is 0 Å². The maximum absolute atomic E-state index is 10.4. The molecule has 2 heterocycles. The van der Waals surface area contributed by atoms with E-state index >= 15 is 0 Å². The van der Waals surface area contributed by atoms with Gasteiger partial charge >= 0.3 is 11.3 Å². The number of phenolic OH excluding ortho intramolecular Hbond substituents is 3. The van der Waals surface area contributed by atoms with E-state index in [2.05, 4.69) is 0 Å². The summed E-state index contributed by atoms with van der Waals surface area (Å²) in [6, 6.07) is 8.02. The van der Waals surface area contributed by atoms with Gasteiger partial charge in [-0.1, -0.05) is 0 Å². The SMILES string of the molecule is COc1cc(-c2[o+]c3cc(O)cc(O)c3cc2O[C@@H]2O[C@@H](CO)[C@H](O)[C@@H](O)[C@@H]2O)ccc1O. The first-order chi connectivity index (χ1) is 15.7. The Morgan fingerprint density at radius 1 is 0.909 bits per heavy atom. The fraction of sp³-hybridized carbons (Fsp3) is 0.318. The molecule has 0 aliphatic carbocycles. The number of aliphatic hydroxyl groups excluding tert-OH is 4. The summed E-state index contributed by atoms with van der Waals surface area (Å²) in [6.07, 6.45) is -7.65. The molecule has 0 bridgehead atoms. The predicted octanol–water partition coefficient (Wildman–Crippen LogP) is 0.685. The van der Waals surface area contributed by atoms with Gasteiger partial charge in [0.1, 0.15) is 41.3 Å². The van der Waals surface area contributed by atoms with Gasteiger partial charge < -0.3 is 50.0 Å². The Morgan fingerprint density at radius 2 is 1.67 bits per heavy atom. The van der Waals surface area contributed by atoms with Crippen LogP contribution < -0.4 is 9.47 Å². The minimum absolute atomic E-state index is 0.0442. The molecule has 0 amide bonds. The van der Waals surface area contributed by atoms with Crippen LogP contribution in [0.5, 0.6) is 28.7 Å². The summed E-state index contributed by atoms with van der Waals surface area (Å²) in [5.74, 6) is -0.583. The second-order valence-corrected chi connectivity index (χ2v) is 7.52. The van der Waals surface area contributed by atoms with Crippen molar-refractivity contribution in [3.05, 3.63) is 36.4 Å². The number of hydrogen-bond acceptors (Lipinski definition) is 10. The van der Waals surface area contributed by atoms with Gasteiger partial charge in [-0.15, -0.1) is 0 Å². The van der Waals surface area contributed by atoms with Crippen molar-refractivity contribution in [3.63, 3.8) is 0 Å². The van der Waals surface area contributed by atoms with Crippen LogP contribution in [-0.4, -0.2) is 80.2 Å². The van der Waals surface area contributed by atoms with Crippen molar-refractivity contribution in [1.29, 1.82) is 0 Å². The Kier molecular flexibility index (Phi) is 6.15. The molecule has 0 spiro atoms. The molecule has 1 aliphatic heterocycles. The summed E-state index contributed by atoms with van der Waals surface area (Å²) in [6.45, 7) is -0.644. The number of phenols is 3.